The smallest absolute Gasteiger partial charge is 0.338 e. The number of hydrogen-bond donors (Lipinski definition) is 1. The zero-order valence-electron chi connectivity index (χ0n) is 14.3. The van der Waals surface area contributed by atoms with Crippen molar-refractivity contribution in [3.8, 4) is 16.9 Å². The number of esters is 1. The van der Waals surface area contributed by atoms with Crippen LogP contribution in [0.15, 0.2) is 42.5 Å². The molecule has 22 heavy (non-hydrogen) atoms. The van der Waals surface area contributed by atoms with E-state index in [9.17, 15) is 9.90 Å². The van der Waals surface area contributed by atoms with Crippen LogP contribution in [0.4, 0.5) is 0 Å². The van der Waals surface area contributed by atoms with Crippen LogP contribution < -0.4 is 0 Å². The van der Waals surface area contributed by atoms with Crippen LogP contribution in [0, 0.1) is 6.92 Å². The summed E-state index contributed by atoms with van der Waals surface area (Å²) in [5, 5.41) is 9.48. The van der Waals surface area contributed by atoms with Gasteiger partial charge in [-0.2, -0.15) is 0 Å². The fraction of sp³-hybridized carbons (Fsp3) is 0.316. The Morgan fingerprint density at radius 3 is 2.18 bits per heavy atom. The quantitative estimate of drug-likeness (QED) is 0.775. The van der Waals surface area contributed by atoms with Gasteiger partial charge in [0.2, 0.25) is 0 Å². The normalized spacial score (nSPS) is 8.82. The summed E-state index contributed by atoms with van der Waals surface area (Å²) in [4.78, 5) is 11.7. The number of ether oxygens (including phenoxy) is 1. The second-order valence-corrected chi connectivity index (χ2v) is 4.09. The van der Waals surface area contributed by atoms with Gasteiger partial charge in [-0.1, -0.05) is 57.5 Å². The Kier molecular flexibility index (Phi) is 9.35. The molecule has 0 saturated heterocycles. The SMILES string of the molecule is CC.CC.COC(=O)c1cc(O)ccc1-c1cccc(C)c1. The summed E-state index contributed by atoms with van der Waals surface area (Å²) >= 11 is 0. The molecule has 2 aromatic carbocycles. The third-order valence-corrected chi connectivity index (χ3v) is 2.74. The number of phenolic OH excluding ortho intramolecular Hbond substituents is 1. The van der Waals surface area contributed by atoms with E-state index in [1.54, 1.807) is 12.1 Å². The molecule has 0 fully saturated rings. The number of hydrogen-bond acceptors (Lipinski definition) is 3. The van der Waals surface area contributed by atoms with Gasteiger partial charge in [-0.05, 0) is 36.2 Å². The molecule has 120 valence electrons. The van der Waals surface area contributed by atoms with Crippen molar-refractivity contribution >= 4 is 5.97 Å². The van der Waals surface area contributed by atoms with Gasteiger partial charge in [0, 0.05) is 0 Å². The van der Waals surface area contributed by atoms with E-state index in [1.807, 2.05) is 58.9 Å². The summed E-state index contributed by atoms with van der Waals surface area (Å²) in [7, 11) is 1.33. The van der Waals surface area contributed by atoms with E-state index in [0.29, 0.717) is 5.56 Å². The molecule has 0 bridgehead atoms. The van der Waals surface area contributed by atoms with E-state index < -0.39 is 5.97 Å². The van der Waals surface area contributed by atoms with Crippen molar-refractivity contribution in [2.75, 3.05) is 7.11 Å². The van der Waals surface area contributed by atoms with Crippen LogP contribution in [0.2, 0.25) is 0 Å². The van der Waals surface area contributed by atoms with Gasteiger partial charge in [-0.15, -0.1) is 0 Å². The number of rotatable bonds is 2. The summed E-state index contributed by atoms with van der Waals surface area (Å²) in [6.07, 6.45) is 0. The Labute approximate surface area is 133 Å². The minimum Gasteiger partial charge on any atom is -0.508 e. The zero-order valence-corrected chi connectivity index (χ0v) is 14.3. The molecule has 0 aromatic heterocycles. The first-order valence-electron chi connectivity index (χ1n) is 7.60. The fourth-order valence-electron chi connectivity index (χ4n) is 1.88. The Morgan fingerprint density at radius 1 is 1.00 bits per heavy atom. The number of phenols is 1. The number of aromatic hydroxyl groups is 1. The Balaban J connectivity index is 0.00000102. The number of carbonyl (C=O) groups is 1. The van der Waals surface area contributed by atoms with Crippen molar-refractivity contribution in [3.63, 3.8) is 0 Å². The van der Waals surface area contributed by atoms with Gasteiger partial charge in [-0.25, -0.2) is 4.79 Å². The first-order valence-corrected chi connectivity index (χ1v) is 7.60. The molecular weight excluding hydrogens is 276 g/mol. The lowest BCUT2D eigenvalue weighted by atomic mass is 9.98. The molecule has 0 aliphatic rings. The summed E-state index contributed by atoms with van der Waals surface area (Å²) < 4.78 is 4.73. The number of carbonyl (C=O) groups excluding carboxylic acids is 1. The van der Waals surface area contributed by atoms with Gasteiger partial charge in [-0.3, -0.25) is 0 Å². The average Bonchev–Trinajstić information content (AvgIpc) is 2.57. The van der Waals surface area contributed by atoms with Crippen LogP contribution in [-0.2, 0) is 4.74 Å². The molecule has 0 amide bonds. The highest BCUT2D eigenvalue weighted by Gasteiger charge is 2.14. The Bertz CT molecular complexity index is 589. The predicted octanol–water partition coefficient (Wildman–Crippen LogP) is 5.21. The highest BCUT2D eigenvalue weighted by molar-refractivity contribution is 5.97. The van der Waals surface area contributed by atoms with Crippen molar-refractivity contribution in [2.45, 2.75) is 34.6 Å². The van der Waals surface area contributed by atoms with Crippen LogP contribution >= 0.6 is 0 Å². The molecule has 0 radical (unpaired) electrons. The van der Waals surface area contributed by atoms with Gasteiger partial charge < -0.3 is 9.84 Å². The molecule has 2 aromatic rings. The van der Waals surface area contributed by atoms with Gasteiger partial charge in [0.1, 0.15) is 5.75 Å². The van der Waals surface area contributed by atoms with E-state index in [0.717, 1.165) is 16.7 Å². The van der Waals surface area contributed by atoms with E-state index in [1.165, 1.54) is 13.2 Å². The Hall–Kier alpha value is -2.29. The molecule has 0 saturated carbocycles. The van der Waals surface area contributed by atoms with Gasteiger partial charge in [0.25, 0.3) is 0 Å². The first-order chi connectivity index (χ1) is 10.6. The number of aryl methyl sites for hydroxylation is 1. The van der Waals surface area contributed by atoms with E-state index in [4.69, 9.17) is 4.74 Å². The van der Waals surface area contributed by atoms with Crippen LogP contribution in [0.1, 0.15) is 43.6 Å². The molecule has 0 unspecified atom stereocenters. The molecule has 0 aliphatic carbocycles. The van der Waals surface area contributed by atoms with Crippen molar-refractivity contribution < 1.29 is 14.6 Å². The first kappa shape index (κ1) is 19.7. The minimum absolute atomic E-state index is 0.0480. The van der Waals surface area contributed by atoms with E-state index in [-0.39, 0.29) is 5.75 Å². The van der Waals surface area contributed by atoms with Crippen molar-refractivity contribution in [1.29, 1.82) is 0 Å². The highest BCUT2D eigenvalue weighted by atomic mass is 16.5. The summed E-state index contributed by atoms with van der Waals surface area (Å²) in [6.45, 7) is 9.99. The van der Waals surface area contributed by atoms with Crippen molar-refractivity contribution in [1.82, 2.24) is 0 Å². The van der Waals surface area contributed by atoms with Crippen molar-refractivity contribution in [3.05, 3.63) is 53.6 Å². The highest BCUT2D eigenvalue weighted by Crippen LogP contribution is 2.28. The molecular formula is C19H26O3. The molecule has 3 heteroatoms. The molecule has 0 spiro atoms. The zero-order chi connectivity index (χ0) is 17.1. The lowest BCUT2D eigenvalue weighted by Gasteiger charge is -2.09. The largest absolute Gasteiger partial charge is 0.508 e. The second-order valence-electron chi connectivity index (χ2n) is 4.09. The number of methoxy groups -OCH3 is 1. The average molecular weight is 302 g/mol. The molecule has 0 aliphatic heterocycles. The standard InChI is InChI=1S/C15H14O3.2C2H6/c1-10-4-3-5-11(8-10)13-7-6-12(16)9-14(13)15(17)18-2;2*1-2/h3-9,16H,1-2H3;2*1-2H3. The predicted molar refractivity (Wildman–Crippen MR) is 92.3 cm³/mol. The molecule has 0 atom stereocenters. The van der Waals surface area contributed by atoms with Crippen molar-refractivity contribution in [2.24, 2.45) is 0 Å². The van der Waals surface area contributed by atoms with Crippen LogP contribution in [0.3, 0.4) is 0 Å². The number of benzene rings is 2. The van der Waals surface area contributed by atoms with Crippen LogP contribution in [-0.4, -0.2) is 18.2 Å². The lowest BCUT2D eigenvalue weighted by molar-refractivity contribution is 0.0601. The maximum atomic E-state index is 11.7. The lowest BCUT2D eigenvalue weighted by Crippen LogP contribution is -2.03. The maximum absolute atomic E-state index is 11.7. The monoisotopic (exact) mass is 302 g/mol. The van der Waals surface area contributed by atoms with Gasteiger partial charge in [0.05, 0.1) is 12.7 Å². The van der Waals surface area contributed by atoms with Gasteiger partial charge in [0.15, 0.2) is 0 Å². The summed E-state index contributed by atoms with van der Waals surface area (Å²) in [5.74, 6) is -0.408. The Morgan fingerprint density at radius 2 is 1.64 bits per heavy atom. The fourth-order valence-corrected chi connectivity index (χ4v) is 1.88. The third-order valence-electron chi connectivity index (χ3n) is 2.74. The van der Waals surface area contributed by atoms with E-state index in [2.05, 4.69) is 0 Å². The topological polar surface area (TPSA) is 46.5 Å². The molecule has 0 heterocycles. The third kappa shape index (κ3) is 5.24. The summed E-state index contributed by atoms with van der Waals surface area (Å²) in [5.41, 5.74) is 3.15. The van der Waals surface area contributed by atoms with E-state index >= 15 is 0 Å². The minimum atomic E-state index is -0.456. The molecule has 3 nitrogen and oxygen atoms in total. The maximum Gasteiger partial charge on any atom is 0.338 e. The molecule has 2 rings (SSSR count). The van der Waals surface area contributed by atoms with Crippen LogP contribution in [0.25, 0.3) is 11.1 Å². The van der Waals surface area contributed by atoms with Gasteiger partial charge >= 0.3 is 5.97 Å². The second kappa shape index (κ2) is 10.4. The molecule has 1 N–H and O–H groups in total. The van der Waals surface area contributed by atoms with Crippen LogP contribution in [0.5, 0.6) is 5.75 Å². The summed E-state index contributed by atoms with van der Waals surface area (Å²) in [6, 6.07) is 12.5.